The Balaban J connectivity index is 1.96. The van der Waals surface area contributed by atoms with Crippen LogP contribution in [0.1, 0.15) is 31.4 Å². The molecule has 0 aliphatic carbocycles. The Bertz CT molecular complexity index is 314. The quantitative estimate of drug-likeness (QED) is 0.849. The van der Waals surface area contributed by atoms with Crippen molar-refractivity contribution < 1.29 is 14.6 Å². The third kappa shape index (κ3) is 2.74. The standard InChI is InChI=1S/C13H18O3/c1-2-13(14)10-3-5-11(6-4-10)16-12-7-8-15-9-12/h3-6,12-14H,2,7-9H2,1H3/t12?,13-/m1/s1. The lowest BCUT2D eigenvalue weighted by molar-refractivity contribution is 0.141. The zero-order chi connectivity index (χ0) is 11.4. The molecule has 0 spiro atoms. The molecule has 2 rings (SSSR count). The van der Waals surface area contributed by atoms with E-state index >= 15 is 0 Å². The van der Waals surface area contributed by atoms with Gasteiger partial charge in [0.25, 0.3) is 0 Å². The van der Waals surface area contributed by atoms with Crippen LogP contribution in [0.3, 0.4) is 0 Å². The van der Waals surface area contributed by atoms with Crippen molar-refractivity contribution in [3.8, 4) is 5.75 Å². The van der Waals surface area contributed by atoms with Crippen LogP contribution < -0.4 is 4.74 Å². The van der Waals surface area contributed by atoms with Gasteiger partial charge in [0, 0.05) is 6.42 Å². The van der Waals surface area contributed by atoms with Gasteiger partial charge in [0.15, 0.2) is 0 Å². The molecule has 0 saturated carbocycles. The van der Waals surface area contributed by atoms with E-state index in [-0.39, 0.29) is 12.2 Å². The minimum atomic E-state index is -0.371. The zero-order valence-corrected chi connectivity index (χ0v) is 9.56. The van der Waals surface area contributed by atoms with Gasteiger partial charge in [-0.15, -0.1) is 0 Å². The van der Waals surface area contributed by atoms with Gasteiger partial charge in [-0.2, -0.15) is 0 Å². The van der Waals surface area contributed by atoms with Gasteiger partial charge < -0.3 is 14.6 Å². The maximum Gasteiger partial charge on any atom is 0.124 e. The molecule has 1 fully saturated rings. The van der Waals surface area contributed by atoms with E-state index in [0.29, 0.717) is 6.61 Å². The third-order valence-electron chi connectivity index (χ3n) is 2.84. The second-order valence-electron chi connectivity index (χ2n) is 4.10. The summed E-state index contributed by atoms with van der Waals surface area (Å²) in [5.74, 6) is 0.850. The second kappa shape index (κ2) is 5.32. The fourth-order valence-electron chi connectivity index (χ4n) is 1.80. The summed E-state index contributed by atoms with van der Waals surface area (Å²) in [5, 5.41) is 9.64. The molecule has 1 N–H and O–H groups in total. The molecule has 1 aromatic rings. The molecule has 1 heterocycles. The van der Waals surface area contributed by atoms with Crippen LogP contribution in [0.4, 0.5) is 0 Å². The summed E-state index contributed by atoms with van der Waals surface area (Å²) in [5.41, 5.74) is 0.942. The average Bonchev–Trinajstić information content (AvgIpc) is 2.82. The first kappa shape index (κ1) is 11.4. The lowest BCUT2D eigenvalue weighted by Gasteiger charge is -2.13. The predicted molar refractivity (Wildman–Crippen MR) is 61.5 cm³/mol. The molecule has 1 aliphatic heterocycles. The smallest absolute Gasteiger partial charge is 0.124 e. The Labute approximate surface area is 96.0 Å². The van der Waals surface area contributed by atoms with Gasteiger partial charge >= 0.3 is 0 Å². The maximum absolute atomic E-state index is 9.64. The molecular formula is C13H18O3. The largest absolute Gasteiger partial charge is 0.488 e. The van der Waals surface area contributed by atoms with E-state index in [1.807, 2.05) is 31.2 Å². The van der Waals surface area contributed by atoms with Crippen LogP contribution in [0, 0.1) is 0 Å². The number of benzene rings is 1. The van der Waals surface area contributed by atoms with E-state index in [4.69, 9.17) is 9.47 Å². The molecule has 16 heavy (non-hydrogen) atoms. The van der Waals surface area contributed by atoms with Crippen molar-refractivity contribution in [1.82, 2.24) is 0 Å². The minimum Gasteiger partial charge on any atom is -0.488 e. The molecule has 2 atom stereocenters. The van der Waals surface area contributed by atoms with E-state index in [1.165, 1.54) is 0 Å². The number of hydrogen-bond donors (Lipinski definition) is 1. The van der Waals surface area contributed by atoms with Crippen LogP contribution >= 0.6 is 0 Å². The number of aliphatic hydroxyl groups is 1. The van der Waals surface area contributed by atoms with Crippen LogP contribution in [-0.2, 0) is 4.74 Å². The van der Waals surface area contributed by atoms with Crippen LogP contribution in [0.15, 0.2) is 24.3 Å². The van der Waals surface area contributed by atoms with Crippen molar-refractivity contribution in [3.05, 3.63) is 29.8 Å². The van der Waals surface area contributed by atoms with E-state index in [2.05, 4.69) is 0 Å². The lowest BCUT2D eigenvalue weighted by Crippen LogP contribution is -2.15. The van der Waals surface area contributed by atoms with Gasteiger partial charge in [-0.05, 0) is 24.1 Å². The number of ether oxygens (including phenoxy) is 2. The van der Waals surface area contributed by atoms with E-state index in [0.717, 1.165) is 30.8 Å². The van der Waals surface area contributed by atoms with Crippen molar-refractivity contribution >= 4 is 0 Å². The molecule has 3 nitrogen and oxygen atoms in total. The normalized spacial score (nSPS) is 22.0. The number of rotatable bonds is 4. The zero-order valence-electron chi connectivity index (χ0n) is 9.56. The van der Waals surface area contributed by atoms with Crippen molar-refractivity contribution in [3.63, 3.8) is 0 Å². The van der Waals surface area contributed by atoms with Crippen LogP contribution in [0.25, 0.3) is 0 Å². The monoisotopic (exact) mass is 222 g/mol. The Morgan fingerprint density at radius 3 is 2.75 bits per heavy atom. The predicted octanol–water partition coefficient (Wildman–Crippen LogP) is 2.30. The maximum atomic E-state index is 9.64. The van der Waals surface area contributed by atoms with Crippen LogP contribution in [-0.4, -0.2) is 24.4 Å². The van der Waals surface area contributed by atoms with Crippen molar-refractivity contribution in [2.24, 2.45) is 0 Å². The third-order valence-corrected chi connectivity index (χ3v) is 2.84. The summed E-state index contributed by atoms with van der Waals surface area (Å²) in [6, 6.07) is 7.65. The second-order valence-corrected chi connectivity index (χ2v) is 4.10. The summed E-state index contributed by atoms with van der Waals surface area (Å²) in [6.07, 6.45) is 1.50. The van der Waals surface area contributed by atoms with Crippen molar-refractivity contribution in [1.29, 1.82) is 0 Å². The SMILES string of the molecule is CC[C@@H](O)c1ccc(OC2CCOC2)cc1. The number of aliphatic hydroxyl groups excluding tert-OH is 1. The van der Waals surface area contributed by atoms with Gasteiger partial charge in [0.1, 0.15) is 11.9 Å². The first-order valence-corrected chi connectivity index (χ1v) is 5.82. The Kier molecular flexibility index (Phi) is 3.80. The van der Waals surface area contributed by atoms with Gasteiger partial charge in [-0.25, -0.2) is 0 Å². The first-order valence-electron chi connectivity index (χ1n) is 5.82. The Morgan fingerprint density at radius 1 is 1.44 bits per heavy atom. The summed E-state index contributed by atoms with van der Waals surface area (Å²) < 4.78 is 11.0. The van der Waals surface area contributed by atoms with Gasteiger partial charge in [0.05, 0.1) is 19.3 Å². The molecule has 1 unspecified atom stereocenters. The Hall–Kier alpha value is -1.06. The van der Waals surface area contributed by atoms with E-state index in [9.17, 15) is 5.11 Å². The summed E-state index contributed by atoms with van der Waals surface area (Å²) in [6.45, 7) is 3.43. The van der Waals surface area contributed by atoms with Gasteiger partial charge in [0.2, 0.25) is 0 Å². The molecular weight excluding hydrogens is 204 g/mol. The van der Waals surface area contributed by atoms with Gasteiger partial charge in [-0.1, -0.05) is 19.1 Å². The van der Waals surface area contributed by atoms with Gasteiger partial charge in [-0.3, -0.25) is 0 Å². The average molecular weight is 222 g/mol. The van der Waals surface area contributed by atoms with Crippen molar-refractivity contribution in [2.75, 3.05) is 13.2 Å². The molecule has 1 aromatic carbocycles. The van der Waals surface area contributed by atoms with Crippen LogP contribution in [0.5, 0.6) is 5.75 Å². The molecule has 88 valence electrons. The van der Waals surface area contributed by atoms with Crippen LogP contribution in [0.2, 0.25) is 0 Å². The topological polar surface area (TPSA) is 38.7 Å². The van der Waals surface area contributed by atoms with E-state index in [1.54, 1.807) is 0 Å². The summed E-state index contributed by atoms with van der Waals surface area (Å²) in [7, 11) is 0. The summed E-state index contributed by atoms with van der Waals surface area (Å²) >= 11 is 0. The van der Waals surface area contributed by atoms with E-state index < -0.39 is 0 Å². The molecule has 3 heteroatoms. The number of hydrogen-bond acceptors (Lipinski definition) is 3. The highest BCUT2D eigenvalue weighted by molar-refractivity contribution is 5.28. The first-order chi connectivity index (χ1) is 7.79. The highest BCUT2D eigenvalue weighted by Gasteiger charge is 2.17. The molecule has 0 radical (unpaired) electrons. The summed E-state index contributed by atoms with van der Waals surface area (Å²) in [4.78, 5) is 0. The highest BCUT2D eigenvalue weighted by atomic mass is 16.5. The fraction of sp³-hybridized carbons (Fsp3) is 0.538. The highest BCUT2D eigenvalue weighted by Crippen LogP contribution is 2.21. The molecule has 1 saturated heterocycles. The molecule has 0 bridgehead atoms. The lowest BCUT2D eigenvalue weighted by atomic mass is 10.1. The molecule has 1 aliphatic rings. The van der Waals surface area contributed by atoms with Crippen molar-refractivity contribution in [2.45, 2.75) is 32.0 Å². The molecule has 0 amide bonds. The Morgan fingerprint density at radius 2 is 2.19 bits per heavy atom. The molecule has 0 aromatic heterocycles. The minimum absolute atomic E-state index is 0.182. The fourth-order valence-corrected chi connectivity index (χ4v) is 1.80.